The second-order valence-corrected chi connectivity index (χ2v) is 6.15. The van der Waals surface area contributed by atoms with Gasteiger partial charge in [0.05, 0.1) is 5.69 Å². The van der Waals surface area contributed by atoms with Crippen molar-refractivity contribution in [2.45, 2.75) is 39.8 Å². The van der Waals surface area contributed by atoms with Gasteiger partial charge in [-0.05, 0) is 44.9 Å². The lowest BCUT2D eigenvalue weighted by molar-refractivity contribution is 0.543. The fourth-order valence-corrected chi connectivity index (χ4v) is 2.81. The van der Waals surface area contributed by atoms with Gasteiger partial charge in [0.2, 0.25) is 0 Å². The van der Waals surface area contributed by atoms with E-state index in [1.54, 1.807) is 11.3 Å². The van der Waals surface area contributed by atoms with Crippen LogP contribution in [0.15, 0.2) is 24.3 Å². The van der Waals surface area contributed by atoms with E-state index in [-0.39, 0.29) is 5.82 Å². The van der Waals surface area contributed by atoms with Crippen LogP contribution in [0.1, 0.15) is 28.1 Å². The monoisotopic (exact) mass is 278 g/mol. The van der Waals surface area contributed by atoms with Crippen molar-refractivity contribution in [3.63, 3.8) is 0 Å². The molecule has 2 nitrogen and oxygen atoms in total. The quantitative estimate of drug-likeness (QED) is 0.903. The zero-order valence-corrected chi connectivity index (χ0v) is 12.4. The number of rotatable bonds is 5. The smallest absolute Gasteiger partial charge is 0.123 e. The van der Waals surface area contributed by atoms with E-state index in [1.165, 1.54) is 17.0 Å². The Morgan fingerprint density at radius 2 is 1.95 bits per heavy atom. The van der Waals surface area contributed by atoms with Crippen molar-refractivity contribution < 1.29 is 4.39 Å². The Balaban J connectivity index is 1.84. The van der Waals surface area contributed by atoms with Crippen LogP contribution in [0.5, 0.6) is 0 Å². The van der Waals surface area contributed by atoms with Gasteiger partial charge in [-0.3, -0.25) is 0 Å². The highest BCUT2D eigenvalue weighted by Crippen LogP contribution is 2.16. The summed E-state index contributed by atoms with van der Waals surface area (Å²) in [7, 11) is 0. The predicted molar refractivity (Wildman–Crippen MR) is 78.0 cm³/mol. The Labute approximate surface area is 117 Å². The Morgan fingerprint density at radius 1 is 1.26 bits per heavy atom. The van der Waals surface area contributed by atoms with Crippen LogP contribution in [-0.4, -0.2) is 11.0 Å². The van der Waals surface area contributed by atoms with Gasteiger partial charge in [0, 0.05) is 17.5 Å². The van der Waals surface area contributed by atoms with Gasteiger partial charge in [0.25, 0.3) is 0 Å². The fourth-order valence-electron chi connectivity index (χ4n) is 1.92. The molecule has 4 heteroatoms. The van der Waals surface area contributed by atoms with Crippen molar-refractivity contribution in [2.24, 2.45) is 0 Å². The molecule has 0 radical (unpaired) electrons. The first-order chi connectivity index (χ1) is 9.04. The molecule has 0 saturated carbocycles. The SMILES string of the molecule is Cc1nc(CNC(C)Cc2ccc(F)cc2)sc1C. The average molecular weight is 278 g/mol. The molecule has 1 N–H and O–H groups in total. The Hall–Kier alpha value is -1.26. The number of halogens is 1. The molecule has 0 saturated heterocycles. The molecule has 1 unspecified atom stereocenters. The topological polar surface area (TPSA) is 24.9 Å². The van der Waals surface area contributed by atoms with Gasteiger partial charge in [0.15, 0.2) is 0 Å². The zero-order chi connectivity index (χ0) is 13.8. The van der Waals surface area contributed by atoms with Crippen molar-refractivity contribution in [3.05, 3.63) is 51.2 Å². The molecule has 0 aliphatic heterocycles. The van der Waals surface area contributed by atoms with Crippen LogP contribution < -0.4 is 5.32 Å². The second-order valence-electron chi connectivity index (χ2n) is 4.86. The number of hydrogen-bond donors (Lipinski definition) is 1. The van der Waals surface area contributed by atoms with Gasteiger partial charge < -0.3 is 5.32 Å². The highest BCUT2D eigenvalue weighted by atomic mass is 32.1. The van der Waals surface area contributed by atoms with Crippen molar-refractivity contribution >= 4 is 11.3 Å². The molecule has 0 bridgehead atoms. The minimum Gasteiger partial charge on any atom is -0.308 e. The third-order valence-corrected chi connectivity index (χ3v) is 4.20. The minimum absolute atomic E-state index is 0.182. The Kier molecular flexibility index (Phi) is 4.66. The van der Waals surface area contributed by atoms with Crippen molar-refractivity contribution in [3.8, 4) is 0 Å². The summed E-state index contributed by atoms with van der Waals surface area (Å²) in [6.45, 7) is 7.06. The largest absolute Gasteiger partial charge is 0.308 e. The highest BCUT2D eigenvalue weighted by molar-refractivity contribution is 7.11. The molecule has 0 spiro atoms. The van der Waals surface area contributed by atoms with E-state index in [0.29, 0.717) is 6.04 Å². The summed E-state index contributed by atoms with van der Waals surface area (Å²) in [6, 6.07) is 7.04. The van der Waals surface area contributed by atoms with E-state index in [0.717, 1.165) is 29.2 Å². The molecule has 19 heavy (non-hydrogen) atoms. The molecule has 1 aromatic carbocycles. The Bertz CT molecular complexity index is 514. The lowest BCUT2D eigenvalue weighted by Crippen LogP contribution is -2.27. The van der Waals surface area contributed by atoms with Gasteiger partial charge in [-0.1, -0.05) is 12.1 Å². The molecule has 0 aliphatic rings. The molecule has 0 amide bonds. The molecule has 1 heterocycles. The number of hydrogen-bond acceptors (Lipinski definition) is 3. The summed E-state index contributed by atoms with van der Waals surface area (Å²) in [5, 5.41) is 4.58. The van der Waals surface area contributed by atoms with Crippen LogP contribution in [0.2, 0.25) is 0 Å². The maximum Gasteiger partial charge on any atom is 0.123 e. The molecule has 1 atom stereocenters. The summed E-state index contributed by atoms with van der Waals surface area (Å²) in [5.74, 6) is -0.182. The normalized spacial score (nSPS) is 12.6. The van der Waals surface area contributed by atoms with Crippen LogP contribution in [0.3, 0.4) is 0 Å². The lowest BCUT2D eigenvalue weighted by atomic mass is 10.1. The van der Waals surface area contributed by atoms with Crippen LogP contribution in [0, 0.1) is 19.7 Å². The third kappa shape index (κ3) is 4.11. The molecule has 2 aromatic rings. The van der Waals surface area contributed by atoms with E-state index >= 15 is 0 Å². The summed E-state index contributed by atoms with van der Waals surface area (Å²) >= 11 is 1.74. The second kappa shape index (κ2) is 6.26. The molecular weight excluding hydrogens is 259 g/mol. The summed E-state index contributed by atoms with van der Waals surface area (Å²) in [6.07, 6.45) is 0.892. The summed E-state index contributed by atoms with van der Waals surface area (Å²) in [5.41, 5.74) is 2.26. The average Bonchev–Trinajstić information content (AvgIpc) is 2.69. The number of benzene rings is 1. The predicted octanol–water partition coefficient (Wildman–Crippen LogP) is 3.62. The number of aromatic nitrogens is 1. The molecule has 102 valence electrons. The van der Waals surface area contributed by atoms with Crippen LogP contribution in [-0.2, 0) is 13.0 Å². The third-order valence-electron chi connectivity index (χ3n) is 3.13. The molecule has 1 aromatic heterocycles. The Morgan fingerprint density at radius 3 is 2.53 bits per heavy atom. The zero-order valence-electron chi connectivity index (χ0n) is 11.5. The number of thiazole rings is 1. The van der Waals surface area contributed by atoms with Crippen LogP contribution >= 0.6 is 11.3 Å². The minimum atomic E-state index is -0.182. The van der Waals surface area contributed by atoms with Gasteiger partial charge in [0.1, 0.15) is 10.8 Å². The van der Waals surface area contributed by atoms with E-state index < -0.39 is 0 Å². The number of nitrogens with one attached hydrogen (secondary N) is 1. The lowest BCUT2D eigenvalue weighted by Gasteiger charge is -2.12. The van der Waals surface area contributed by atoms with Crippen molar-refractivity contribution in [1.29, 1.82) is 0 Å². The van der Waals surface area contributed by atoms with Crippen LogP contribution in [0.4, 0.5) is 4.39 Å². The van der Waals surface area contributed by atoms with E-state index in [9.17, 15) is 4.39 Å². The first-order valence-corrected chi connectivity index (χ1v) is 7.27. The number of nitrogens with zero attached hydrogens (tertiary/aromatic N) is 1. The highest BCUT2D eigenvalue weighted by Gasteiger charge is 2.07. The standard InChI is InChI=1S/C15H19FN2S/c1-10(8-13-4-6-14(16)7-5-13)17-9-15-18-11(2)12(3)19-15/h4-7,10,17H,8-9H2,1-3H3. The fraction of sp³-hybridized carbons (Fsp3) is 0.400. The maximum absolute atomic E-state index is 12.8. The first-order valence-electron chi connectivity index (χ1n) is 6.45. The van der Waals surface area contributed by atoms with Crippen LogP contribution in [0.25, 0.3) is 0 Å². The molecule has 2 rings (SSSR count). The number of aryl methyl sites for hydroxylation is 2. The van der Waals surface area contributed by atoms with E-state index in [2.05, 4.69) is 24.1 Å². The van der Waals surface area contributed by atoms with Crippen molar-refractivity contribution in [1.82, 2.24) is 10.3 Å². The molecule has 0 aliphatic carbocycles. The van der Waals surface area contributed by atoms with Gasteiger partial charge in [-0.2, -0.15) is 0 Å². The van der Waals surface area contributed by atoms with Crippen molar-refractivity contribution in [2.75, 3.05) is 0 Å². The van der Waals surface area contributed by atoms with E-state index in [4.69, 9.17) is 0 Å². The van der Waals surface area contributed by atoms with Gasteiger partial charge in [-0.15, -0.1) is 11.3 Å². The molecular formula is C15H19FN2S. The first kappa shape index (κ1) is 14.2. The maximum atomic E-state index is 12.8. The summed E-state index contributed by atoms with van der Waals surface area (Å²) in [4.78, 5) is 5.79. The molecule has 0 fully saturated rings. The summed E-state index contributed by atoms with van der Waals surface area (Å²) < 4.78 is 12.8. The van der Waals surface area contributed by atoms with Gasteiger partial charge in [-0.25, -0.2) is 9.37 Å². The van der Waals surface area contributed by atoms with Gasteiger partial charge >= 0.3 is 0 Å². The van der Waals surface area contributed by atoms with E-state index in [1.807, 2.05) is 19.1 Å².